The Morgan fingerprint density at radius 1 is 1.23 bits per heavy atom. The van der Waals surface area contributed by atoms with Crippen LogP contribution in [0.25, 0.3) is 0 Å². The van der Waals surface area contributed by atoms with E-state index in [-0.39, 0.29) is 17.7 Å². The van der Waals surface area contributed by atoms with E-state index in [1.54, 1.807) is 24.3 Å². The van der Waals surface area contributed by atoms with Crippen LogP contribution in [0, 0.1) is 5.92 Å². The van der Waals surface area contributed by atoms with E-state index in [0.717, 1.165) is 12.8 Å². The predicted octanol–water partition coefficient (Wildman–Crippen LogP) is 1.98. The maximum Gasteiger partial charge on any atom is 0.261 e. The summed E-state index contributed by atoms with van der Waals surface area (Å²) in [5.74, 6) is 0.126. The van der Waals surface area contributed by atoms with Crippen LogP contribution in [-0.2, 0) is 4.79 Å². The molecule has 116 valence electrons. The number of hydrogen-bond donors (Lipinski definition) is 1. The molecule has 1 aromatic carbocycles. The molecule has 1 heterocycles. The van der Waals surface area contributed by atoms with E-state index in [4.69, 9.17) is 0 Å². The lowest BCUT2D eigenvalue weighted by molar-refractivity contribution is -0.121. The molecule has 1 saturated carbocycles. The molecule has 0 spiro atoms. The highest BCUT2D eigenvalue weighted by Gasteiger charge is 2.37. The van der Waals surface area contributed by atoms with Crippen molar-refractivity contribution < 1.29 is 14.4 Å². The molecule has 3 rings (SSSR count). The van der Waals surface area contributed by atoms with Gasteiger partial charge in [-0.1, -0.05) is 25.5 Å². The Morgan fingerprint density at radius 2 is 1.86 bits per heavy atom. The topological polar surface area (TPSA) is 66.5 Å². The number of amides is 3. The second kappa shape index (κ2) is 5.91. The third-order valence-corrected chi connectivity index (χ3v) is 4.46. The number of carbonyl (C=O) groups excluding carboxylic acids is 3. The SMILES string of the molecule is CCC1CC1NC(=O)CCCN1C(=O)c2ccccc2C1=O. The average Bonchev–Trinajstić information content (AvgIpc) is 3.23. The molecule has 2 atom stereocenters. The van der Waals surface area contributed by atoms with Gasteiger partial charge in [-0.2, -0.15) is 0 Å². The van der Waals surface area contributed by atoms with Crippen LogP contribution in [0.2, 0.25) is 0 Å². The van der Waals surface area contributed by atoms with Gasteiger partial charge in [0, 0.05) is 19.0 Å². The number of nitrogens with one attached hydrogen (secondary N) is 1. The van der Waals surface area contributed by atoms with Crippen molar-refractivity contribution in [1.82, 2.24) is 10.2 Å². The van der Waals surface area contributed by atoms with Crippen molar-refractivity contribution in [1.29, 1.82) is 0 Å². The minimum absolute atomic E-state index is 0.0116. The lowest BCUT2D eigenvalue weighted by Crippen LogP contribution is -2.32. The van der Waals surface area contributed by atoms with E-state index in [1.165, 1.54) is 4.90 Å². The first kappa shape index (κ1) is 14.8. The molecule has 0 aromatic heterocycles. The first-order valence-corrected chi connectivity index (χ1v) is 7.86. The molecule has 1 fully saturated rings. The number of benzene rings is 1. The number of nitrogens with zero attached hydrogens (tertiary/aromatic N) is 1. The predicted molar refractivity (Wildman–Crippen MR) is 81.4 cm³/mol. The van der Waals surface area contributed by atoms with Gasteiger partial charge in [0.15, 0.2) is 0 Å². The Bertz CT molecular complexity index is 591. The highest BCUT2D eigenvalue weighted by Crippen LogP contribution is 2.33. The fraction of sp³-hybridized carbons (Fsp3) is 0.471. The summed E-state index contributed by atoms with van der Waals surface area (Å²) in [4.78, 5) is 37.4. The summed E-state index contributed by atoms with van der Waals surface area (Å²) in [5.41, 5.74) is 0.918. The minimum Gasteiger partial charge on any atom is -0.353 e. The van der Waals surface area contributed by atoms with Gasteiger partial charge >= 0.3 is 0 Å². The summed E-state index contributed by atoms with van der Waals surface area (Å²) in [6, 6.07) is 7.17. The smallest absolute Gasteiger partial charge is 0.261 e. The van der Waals surface area contributed by atoms with Crippen LogP contribution in [0.1, 0.15) is 53.3 Å². The van der Waals surface area contributed by atoms with Gasteiger partial charge in [0.25, 0.3) is 11.8 Å². The zero-order valence-electron chi connectivity index (χ0n) is 12.7. The summed E-state index contributed by atoms with van der Waals surface area (Å²) in [5, 5.41) is 2.99. The fourth-order valence-corrected chi connectivity index (χ4v) is 2.99. The molecule has 1 N–H and O–H groups in total. The Morgan fingerprint density at radius 3 is 2.41 bits per heavy atom. The summed E-state index contributed by atoms with van der Waals surface area (Å²) in [7, 11) is 0. The van der Waals surface area contributed by atoms with E-state index in [9.17, 15) is 14.4 Å². The molecule has 3 amide bonds. The normalized spacial score (nSPS) is 22.7. The Labute approximate surface area is 129 Å². The average molecular weight is 300 g/mol. The van der Waals surface area contributed by atoms with E-state index < -0.39 is 0 Å². The molecule has 0 saturated heterocycles. The van der Waals surface area contributed by atoms with Gasteiger partial charge in [-0.15, -0.1) is 0 Å². The number of imide groups is 1. The van der Waals surface area contributed by atoms with Gasteiger partial charge in [0.1, 0.15) is 0 Å². The van der Waals surface area contributed by atoms with E-state index in [2.05, 4.69) is 12.2 Å². The van der Waals surface area contributed by atoms with Crippen molar-refractivity contribution in [2.45, 2.75) is 38.6 Å². The van der Waals surface area contributed by atoms with Crippen molar-refractivity contribution in [3.63, 3.8) is 0 Å². The summed E-state index contributed by atoms with van der Waals surface area (Å²) < 4.78 is 0. The molecule has 1 aromatic rings. The lowest BCUT2D eigenvalue weighted by atomic mass is 10.1. The van der Waals surface area contributed by atoms with E-state index >= 15 is 0 Å². The second-order valence-corrected chi connectivity index (χ2v) is 5.99. The summed E-state index contributed by atoms with van der Waals surface area (Å²) >= 11 is 0. The third-order valence-electron chi connectivity index (χ3n) is 4.46. The maximum absolute atomic E-state index is 12.2. The Balaban J connectivity index is 1.48. The lowest BCUT2D eigenvalue weighted by Gasteiger charge is -2.13. The monoisotopic (exact) mass is 300 g/mol. The number of fused-ring (bicyclic) bond motifs is 1. The van der Waals surface area contributed by atoms with Gasteiger partial charge in [-0.25, -0.2) is 0 Å². The van der Waals surface area contributed by atoms with Gasteiger partial charge in [0.05, 0.1) is 11.1 Å². The highest BCUT2D eigenvalue weighted by atomic mass is 16.2. The zero-order valence-corrected chi connectivity index (χ0v) is 12.7. The van der Waals surface area contributed by atoms with Crippen molar-refractivity contribution in [2.75, 3.05) is 6.54 Å². The third kappa shape index (κ3) is 2.75. The molecule has 0 radical (unpaired) electrons. The second-order valence-electron chi connectivity index (χ2n) is 5.99. The molecular weight excluding hydrogens is 280 g/mol. The molecular formula is C17H20N2O3. The number of carbonyl (C=O) groups is 3. The minimum atomic E-state index is -0.255. The Kier molecular flexibility index (Phi) is 3.96. The van der Waals surface area contributed by atoms with E-state index in [0.29, 0.717) is 42.5 Å². The van der Waals surface area contributed by atoms with Crippen LogP contribution in [0.15, 0.2) is 24.3 Å². The van der Waals surface area contributed by atoms with Gasteiger partial charge in [-0.3, -0.25) is 19.3 Å². The number of hydrogen-bond acceptors (Lipinski definition) is 3. The van der Waals surface area contributed by atoms with Crippen molar-refractivity contribution in [3.05, 3.63) is 35.4 Å². The summed E-state index contributed by atoms with van der Waals surface area (Å²) in [6.07, 6.45) is 3.02. The van der Waals surface area contributed by atoms with Crippen LogP contribution < -0.4 is 5.32 Å². The van der Waals surface area contributed by atoms with Crippen LogP contribution in [0.5, 0.6) is 0 Å². The van der Waals surface area contributed by atoms with Gasteiger partial charge in [-0.05, 0) is 30.9 Å². The van der Waals surface area contributed by atoms with Crippen LogP contribution in [-0.4, -0.2) is 35.2 Å². The highest BCUT2D eigenvalue weighted by molar-refractivity contribution is 6.21. The molecule has 0 bridgehead atoms. The first-order chi connectivity index (χ1) is 10.6. The van der Waals surface area contributed by atoms with E-state index in [1.807, 2.05) is 0 Å². The molecule has 5 heteroatoms. The first-order valence-electron chi connectivity index (χ1n) is 7.86. The maximum atomic E-state index is 12.2. The van der Waals surface area contributed by atoms with Gasteiger partial charge < -0.3 is 5.32 Å². The van der Waals surface area contributed by atoms with Crippen LogP contribution in [0.4, 0.5) is 0 Å². The van der Waals surface area contributed by atoms with Crippen molar-refractivity contribution >= 4 is 17.7 Å². The van der Waals surface area contributed by atoms with Crippen LogP contribution in [0.3, 0.4) is 0 Å². The standard InChI is InChI=1S/C17H20N2O3/c1-2-11-10-14(11)18-15(20)8-5-9-19-16(21)12-6-3-4-7-13(12)17(19)22/h3-4,6-7,11,14H,2,5,8-10H2,1H3,(H,18,20). The molecule has 22 heavy (non-hydrogen) atoms. The molecule has 2 aliphatic rings. The largest absolute Gasteiger partial charge is 0.353 e. The molecule has 2 unspecified atom stereocenters. The van der Waals surface area contributed by atoms with Crippen molar-refractivity contribution in [3.8, 4) is 0 Å². The summed E-state index contributed by atoms with van der Waals surface area (Å²) in [6.45, 7) is 2.42. The molecule has 5 nitrogen and oxygen atoms in total. The zero-order chi connectivity index (χ0) is 15.7. The Hall–Kier alpha value is -2.17. The fourth-order valence-electron chi connectivity index (χ4n) is 2.99. The molecule has 1 aliphatic carbocycles. The van der Waals surface area contributed by atoms with Crippen LogP contribution >= 0.6 is 0 Å². The van der Waals surface area contributed by atoms with Crippen molar-refractivity contribution in [2.24, 2.45) is 5.92 Å². The molecule has 1 aliphatic heterocycles. The quantitative estimate of drug-likeness (QED) is 0.817. The number of rotatable bonds is 6. The van der Waals surface area contributed by atoms with Gasteiger partial charge in [0.2, 0.25) is 5.91 Å².